The summed E-state index contributed by atoms with van der Waals surface area (Å²) in [6, 6.07) is 13.4. The molecule has 5 amide bonds. The average Bonchev–Trinajstić information content (AvgIpc) is 3.11. The Balaban J connectivity index is 1.35. The first kappa shape index (κ1) is 19.8. The zero-order valence-electron chi connectivity index (χ0n) is 17.0. The van der Waals surface area contributed by atoms with Crippen LogP contribution in [0.2, 0.25) is 0 Å². The number of anilines is 1. The molecule has 0 bridgehead atoms. The third kappa shape index (κ3) is 3.26. The molecule has 2 heterocycles. The van der Waals surface area contributed by atoms with Crippen LogP contribution >= 0.6 is 0 Å². The van der Waals surface area contributed by atoms with Gasteiger partial charge in [-0.1, -0.05) is 29.8 Å². The van der Waals surface area contributed by atoms with Crippen molar-refractivity contribution in [3.8, 4) is 0 Å². The fourth-order valence-corrected chi connectivity index (χ4v) is 3.95. The standard InChI is InChI=1S/C23H23N3O4/c1-15-9-11-17(12-10-15)26-16(2)20(27)25(23(26)30)14-6-5-13-24-21(28)18-7-3-4-8-19(18)22(24)29/h3-4,7-12,16H,5-6,13-14H2,1-2H3. The van der Waals surface area contributed by atoms with Crippen LogP contribution in [-0.2, 0) is 4.79 Å². The Bertz CT molecular complexity index is 996. The molecular weight excluding hydrogens is 382 g/mol. The van der Waals surface area contributed by atoms with E-state index in [-0.39, 0.29) is 36.8 Å². The zero-order valence-corrected chi connectivity index (χ0v) is 17.0. The summed E-state index contributed by atoms with van der Waals surface area (Å²) in [6.45, 7) is 4.21. The highest BCUT2D eigenvalue weighted by Gasteiger charge is 2.43. The van der Waals surface area contributed by atoms with E-state index in [1.165, 1.54) is 14.7 Å². The third-order valence-electron chi connectivity index (χ3n) is 5.65. The molecule has 0 radical (unpaired) electrons. The fourth-order valence-electron chi connectivity index (χ4n) is 3.95. The molecule has 2 aromatic carbocycles. The fraction of sp³-hybridized carbons (Fsp3) is 0.304. The van der Waals surface area contributed by atoms with Gasteiger partial charge in [0.25, 0.3) is 17.7 Å². The molecule has 0 aromatic heterocycles. The number of imide groups is 2. The van der Waals surface area contributed by atoms with Gasteiger partial charge in [0.05, 0.1) is 11.1 Å². The average molecular weight is 405 g/mol. The smallest absolute Gasteiger partial charge is 0.282 e. The Labute approximate surface area is 174 Å². The normalized spacial score (nSPS) is 18.6. The third-order valence-corrected chi connectivity index (χ3v) is 5.65. The molecule has 0 saturated carbocycles. The first-order chi connectivity index (χ1) is 14.4. The lowest BCUT2D eigenvalue weighted by molar-refractivity contribution is -0.127. The van der Waals surface area contributed by atoms with Crippen molar-refractivity contribution in [2.24, 2.45) is 0 Å². The number of carbonyl (C=O) groups excluding carboxylic acids is 4. The van der Waals surface area contributed by atoms with Crippen LogP contribution in [0.5, 0.6) is 0 Å². The summed E-state index contributed by atoms with van der Waals surface area (Å²) in [4.78, 5) is 54.3. The highest BCUT2D eigenvalue weighted by atomic mass is 16.2. The van der Waals surface area contributed by atoms with Crippen molar-refractivity contribution < 1.29 is 19.2 Å². The van der Waals surface area contributed by atoms with Crippen LogP contribution in [-0.4, -0.2) is 52.7 Å². The van der Waals surface area contributed by atoms with Crippen molar-refractivity contribution in [3.05, 3.63) is 65.2 Å². The van der Waals surface area contributed by atoms with Crippen LogP contribution in [0.4, 0.5) is 10.5 Å². The SMILES string of the molecule is Cc1ccc(N2C(=O)N(CCCCN3C(=O)c4ccccc4C3=O)C(=O)C2C)cc1. The van der Waals surface area contributed by atoms with Crippen molar-refractivity contribution >= 4 is 29.4 Å². The predicted molar refractivity (Wildman–Crippen MR) is 111 cm³/mol. The van der Waals surface area contributed by atoms with E-state index in [4.69, 9.17) is 0 Å². The number of hydrogen-bond donors (Lipinski definition) is 0. The summed E-state index contributed by atoms with van der Waals surface area (Å²) >= 11 is 0. The molecule has 1 fully saturated rings. The Morgan fingerprint density at radius 3 is 1.87 bits per heavy atom. The quantitative estimate of drug-likeness (QED) is 0.420. The monoisotopic (exact) mass is 405 g/mol. The van der Waals surface area contributed by atoms with Gasteiger partial charge >= 0.3 is 6.03 Å². The number of aryl methyl sites for hydroxylation is 1. The topological polar surface area (TPSA) is 78.0 Å². The molecule has 4 rings (SSSR count). The maximum Gasteiger partial charge on any atom is 0.331 e. The van der Waals surface area contributed by atoms with Gasteiger partial charge in [-0.2, -0.15) is 0 Å². The van der Waals surface area contributed by atoms with E-state index in [2.05, 4.69) is 0 Å². The molecule has 2 aromatic rings. The Morgan fingerprint density at radius 1 is 0.767 bits per heavy atom. The number of urea groups is 1. The summed E-state index contributed by atoms with van der Waals surface area (Å²) in [5.41, 5.74) is 2.62. The van der Waals surface area contributed by atoms with Crippen LogP contribution in [0.25, 0.3) is 0 Å². The van der Waals surface area contributed by atoms with Gasteiger partial charge in [-0.15, -0.1) is 0 Å². The van der Waals surface area contributed by atoms with Crippen molar-refractivity contribution in [2.45, 2.75) is 32.7 Å². The van der Waals surface area contributed by atoms with Crippen LogP contribution < -0.4 is 4.90 Å². The second-order valence-electron chi connectivity index (χ2n) is 7.67. The molecule has 0 spiro atoms. The largest absolute Gasteiger partial charge is 0.331 e. The first-order valence-electron chi connectivity index (χ1n) is 10.1. The van der Waals surface area contributed by atoms with E-state index >= 15 is 0 Å². The van der Waals surface area contributed by atoms with Crippen molar-refractivity contribution in [1.29, 1.82) is 0 Å². The van der Waals surface area contributed by atoms with E-state index < -0.39 is 6.04 Å². The summed E-state index contributed by atoms with van der Waals surface area (Å²) < 4.78 is 0. The number of benzene rings is 2. The van der Waals surface area contributed by atoms with Crippen molar-refractivity contribution in [1.82, 2.24) is 9.80 Å². The molecule has 7 heteroatoms. The van der Waals surface area contributed by atoms with E-state index in [0.717, 1.165) is 5.56 Å². The lowest BCUT2D eigenvalue weighted by Gasteiger charge is -2.19. The Hall–Kier alpha value is -3.48. The van der Waals surface area contributed by atoms with E-state index in [1.807, 2.05) is 31.2 Å². The summed E-state index contributed by atoms with van der Waals surface area (Å²) in [6.07, 6.45) is 1.03. The number of fused-ring (bicyclic) bond motifs is 1. The van der Waals surface area contributed by atoms with Gasteiger partial charge < -0.3 is 0 Å². The molecule has 2 aliphatic rings. The lowest BCUT2D eigenvalue weighted by atomic mass is 10.1. The van der Waals surface area contributed by atoms with E-state index in [0.29, 0.717) is 29.7 Å². The van der Waals surface area contributed by atoms with E-state index in [1.54, 1.807) is 31.2 Å². The van der Waals surface area contributed by atoms with Crippen molar-refractivity contribution in [2.75, 3.05) is 18.0 Å². The number of nitrogens with zero attached hydrogens (tertiary/aromatic N) is 3. The number of rotatable bonds is 6. The van der Waals surface area contributed by atoms with Gasteiger partial charge in [-0.25, -0.2) is 4.79 Å². The summed E-state index contributed by atoms with van der Waals surface area (Å²) in [5, 5.41) is 0. The van der Waals surface area contributed by atoms with Gasteiger partial charge in [0.1, 0.15) is 6.04 Å². The van der Waals surface area contributed by atoms with Gasteiger partial charge in [-0.3, -0.25) is 29.1 Å². The minimum absolute atomic E-state index is 0.235. The summed E-state index contributed by atoms with van der Waals surface area (Å²) in [5.74, 6) is -0.813. The lowest BCUT2D eigenvalue weighted by Crippen LogP contribution is -2.35. The second kappa shape index (κ2) is 7.74. The molecule has 1 unspecified atom stereocenters. The van der Waals surface area contributed by atoms with Gasteiger partial charge in [0.15, 0.2) is 0 Å². The maximum atomic E-state index is 12.8. The zero-order chi connectivity index (χ0) is 21.4. The van der Waals surface area contributed by atoms with Crippen LogP contribution in [0.3, 0.4) is 0 Å². The number of carbonyl (C=O) groups is 4. The molecule has 1 atom stereocenters. The molecule has 1 saturated heterocycles. The van der Waals surface area contributed by atoms with Gasteiger partial charge in [-0.05, 0) is 51.0 Å². The summed E-state index contributed by atoms with van der Waals surface area (Å²) in [7, 11) is 0. The highest BCUT2D eigenvalue weighted by Crippen LogP contribution is 2.27. The highest BCUT2D eigenvalue weighted by molar-refractivity contribution is 6.21. The van der Waals surface area contributed by atoms with E-state index in [9.17, 15) is 19.2 Å². The predicted octanol–water partition coefficient (Wildman–Crippen LogP) is 3.23. The molecular formula is C23H23N3O4. The van der Waals surface area contributed by atoms with Gasteiger partial charge in [0.2, 0.25) is 0 Å². The molecule has 0 N–H and O–H groups in total. The number of amides is 5. The Morgan fingerprint density at radius 2 is 1.30 bits per heavy atom. The number of unbranched alkanes of at least 4 members (excludes halogenated alkanes) is 1. The van der Waals surface area contributed by atoms with Crippen LogP contribution in [0.15, 0.2) is 48.5 Å². The molecule has 154 valence electrons. The minimum Gasteiger partial charge on any atom is -0.282 e. The van der Waals surface area contributed by atoms with Crippen LogP contribution in [0, 0.1) is 6.92 Å². The number of hydrogen-bond acceptors (Lipinski definition) is 4. The van der Waals surface area contributed by atoms with Crippen molar-refractivity contribution in [3.63, 3.8) is 0 Å². The maximum absolute atomic E-state index is 12.8. The Kier molecular flexibility index (Phi) is 5.11. The first-order valence-corrected chi connectivity index (χ1v) is 10.1. The molecule has 7 nitrogen and oxygen atoms in total. The molecule has 30 heavy (non-hydrogen) atoms. The molecule has 2 aliphatic heterocycles. The molecule has 0 aliphatic carbocycles. The second-order valence-corrected chi connectivity index (χ2v) is 7.67. The minimum atomic E-state index is -0.559. The van der Waals surface area contributed by atoms with Crippen LogP contribution in [0.1, 0.15) is 46.0 Å². The van der Waals surface area contributed by atoms with Gasteiger partial charge in [0, 0.05) is 18.8 Å².